The van der Waals surface area contributed by atoms with Crippen molar-refractivity contribution < 1.29 is 14.3 Å². The lowest BCUT2D eigenvalue weighted by Gasteiger charge is -2.26. The highest BCUT2D eigenvalue weighted by Crippen LogP contribution is 2.29. The van der Waals surface area contributed by atoms with Crippen LogP contribution in [0.25, 0.3) is 5.82 Å². The van der Waals surface area contributed by atoms with Crippen LogP contribution in [0, 0.1) is 18.3 Å². The van der Waals surface area contributed by atoms with E-state index in [4.69, 9.17) is 4.74 Å². The third kappa shape index (κ3) is 8.96. The van der Waals surface area contributed by atoms with Crippen LogP contribution in [0.5, 0.6) is 0 Å². The number of anilines is 3. The minimum atomic E-state index is -0.686. The monoisotopic (exact) mass is 651 g/mol. The Hall–Kier alpha value is -5.25. The topological polar surface area (TPSA) is 149 Å². The van der Waals surface area contributed by atoms with Crippen molar-refractivity contribution in [3.8, 4) is 6.07 Å². The fourth-order valence-electron chi connectivity index (χ4n) is 5.10. The average molecular weight is 652 g/mol. The van der Waals surface area contributed by atoms with Crippen LogP contribution in [-0.4, -0.2) is 79.1 Å². The molecule has 4 rings (SSSR count). The number of morpholine rings is 1. The first-order valence-corrected chi connectivity index (χ1v) is 16.1. The van der Waals surface area contributed by atoms with Crippen molar-refractivity contribution in [2.75, 3.05) is 57.1 Å². The van der Waals surface area contributed by atoms with Crippen molar-refractivity contribution in [3.05, 3.63) is 89.3 Å². The number of nitrogens with one attached hydrogen (secondary N) is 4. The van der Waals surface area contributed by atoms with E-state index in [1.807, 2.05) is 45.0 Å². The molecular formula is C36H45N9O3. The second kappa shape index (κ2) is 16.5. The Bertz CT molecular complexity index is 1730. The summed E-state index contributed by atoms with van der Waals surface area (Å²) in [6, 6.07) is 16.7. The largest absolute Gasteiger partial charge is 0.384 e. The fraction of sp³-hybridized carbons (Fsp3) is 0.361. The van der Waals surface area contributed by atoms with Gasteiger partial charge in [-0.15, -0.1) is 0 Å². The van der Waals surface area contributed by atoms with E-state index in [0.717, 1.165) is 44.0 Å². The highest BCUT2D eigenvalue weighted by molar-refractivity contribution is 6.04. The predicted octanol–water partition coefficient (Wildman–Crippen LogP) is 5.06. The van der Waals surface area contributed by atoms with Crippen molar-refractivity contribution in [2.24, 2.45) is 4.99 Å². The average Bonchev–Trinajstić information content (AvgIpc) is 3.53. The van der Waals surface area contributed by atoms with Gasteiger partial charge in [-0.3, -0.25) is 14.5 Å². The molecule has 12 nitrogen and oxygen atoms in total. The molecule has 0 saturated carbocycles. The summed E-state index contributed by atoms with van der Waals surface area (Å²) in [5.74, 6) is 0.283. The van der Waals surface area contributed by atoms with E-state index in [1.165, 1.54) is 0 Å². The van der Waals surface area contributed by atoms with Crippen molar-refractivity contribution in [3.63, 3.8) is 0 Å². The van der Waals surface area contributed by atoms with Crippen molar-refractivity contribution >= 4 is 41.0 Å². The van der Waals surface area contributed by atoms with Crippen molar-refractivity contribution in [1.29, 1.82) is 5.26 Å². The van der Waals surface area contributed by atoms with Gasteiger partial charge in [-0.25, -0.2) is 4.99 Å². The number of aliphatic imine (C=N–C) groups is 1. The zero-order valence-corrected chi connectivity index (χ0v) is 28.4. The minimum absolute atomic E-state index is 0.196. The van der Waals surface area contributed by atoms with Crippen LogP contribution >= 0.6 is 0 Å². The number of aryl methyl sites for hydroxylation is 1. The molecule has 2 aromatic carbocycles. The summed E-state index contributed by atoms with van der Waals surface area (Å²) in [5.41, 5.74) is 3.56. The van der Waals surface area contributed by atoms with E-state index in [9.17, 15) is 14.9 Å². The number of hydrogen-bond donors (Lipinski definition) is 4. The SMILES string of the molecule is C=C(/C=C(\N=C/C)n1nc(C(=O)NC)cc1Nc1cc(NC(=O)c2cccc(C(C)(C#N)CC)c2)ccc1C)NCCN1CCOCC1. The molecule has 1 fully saturated rings. The number of carbonyl (C=O) groups excluding carboxylic acids is 2. The van der Waals surface area contributed by atoms with Crippen LogP contribution < -0.4 is 21.3 Å². The van der Waals surface area contributed by atoms with E-state index in [-0.39, 0.29) is 17.5 Å². The number of ether oxygens (including phenoxy) is 1. The zero-order chi connectivity index (χ0) is 34.7. The van der Waals surface area contributed by atoms with Gasteiger partial charge < -0.3 is 26.0 Å². The summed E-state index contributed by atoms with van der Waals surface area (Å²) in [6.45, 7) is 16.6. The molecule has 252 valence electrons. The van der Waals surface area contributed by atoms with Crippen LogP contribution in [0.1, 0.15) is 59.2 Å². The quantitative estimate of drug-likeness (QED) is 0.140. The van der Waals surface area contributed by atoms with Gasteiger partial charge in [-0.2, -0.15) is 15.0 Å². The number of nitriles is 1. The summed E-state index contributed by atoms with van der Waals surface area (Å²) >= 11 is 0. The maximum absolute atomic E-state index is 13.3. The first kappa shape index (κ1) is 35.6. The second-order valence-electron chi connectivity index (χ2n) is 11.7. The molecule has 1 unspecified atom stereocenters. The van der Waals surface area contributed by atoms with Crippen molar-refractivity contribution in [1.82, 2.24) is 25.3 Å². The minimum Gasteiger partial charge on any atom is -0.384 e. The Morgan fingerprint density at radius 1 is 1.17 bits per heavy atom. The zero-order valence-electron chi connectivity index (χ0n) is 28.4. The van der Waals surface area contributed by atoms with Crippen LogP contribution in [0.4, 0.5) is 17.2 Å². The molecule has 48 heavy (non-hydrogen) atoms. The Morgan fingerprint density at radius 2 is 1.94 bits per heavy atom. The van der Waals surface area contributed by atoms with Gasteiger partial charge in [0, 0.05) is 74.2 Å². The van der Waals surface area contributed by atoms with Gasteiger partial charge in [0.1, 0.15) is 5.82 Å². The Balaban J connectivity index is 1.58. The predicted molar refractivity (Wildman–Crippen MR) is 191 cm³/mol. The van der Waals surface area contributed by atoms with Crippen LogP contribution in [-0.2, 0) is 10.2 Å². The first-order valence-electron chi connectivity index (χ1n) is 16.1. The number of carbonyl (C=O) groups is 2. The summed E-state index contributed by atoms with van der Waals surface area (Å²) in [7, 11) is 1.55. The molecule has 2 amide bonds. The van der Waals surface area contributed by atoms with E-state index >= 15 is 0 Å². The molecule has 1 atom stereocenters. The fourth-order valence-corrected chi connectivity index (χ4v) is 5.10. The second-order valence-corrected chi connectivity index (χ2v) is 11.7. The Morgan fingerprint density at radius 3 is 2.62 bits per heavy atom. The molecule has 0 bridgehead atoms. The maximum Gasteiger partial charge on any atom is 0.271 e. The van der Waals surface area contributed by atoms with Crippen LogP contribution in [0.15, 0.2) is 71.9 Å². The third-order valence-electron chi connectivity index (χ3n) is 8.31. The molecule has 1 saturated heterocycles. The Kier molecular flexibility index (Phi) is 12.3. The number of nitrogens with zero attached hydrogens (tertiary/aromatic N) is 5. The molecule has 1 aliphatic heterocycles. The van der Waals surface area contributed by atoms with E-state index in [2.05, 4.69) is 48.9 Å². The lowest BCUT2D eigenvalue weighted by Crippen LogP contribution is -2.40. The molecule has 12 heteroatoms. The molecule has 0 aliphatic carbocycles. The third-order valence-corrected chi connectivity index (χ3v) is 8.31. The van der Waals surface area contributed by atoms with Crippen LogP contribution in [0.3, 0.4) is 0 Å². The molecule has 2 heterocycles. The van der Waals surface area contributed by atoms with E-state index in [1.54, 1.807) is 55.2 Å². The molecule has 1 aliphatic rings. The summed E-state index contributed by atoms with van der Waals surface area (Å²) < 4.78 is 6.98. The van der Waals surface area contributed by atoms with Crippen LogP contribution in [0.2, 0.25) is 0 Å². The van der Waals surface area contributed by atoms with Gasteiger partial charge in [0.25, 0.3) is 11.8 Å². The lowest BCUT2D eigenvalue weighted by molar-refractivity contribution is 0.0387. The molecule has 0 spiro atoms. The molecule has 3 aromatic rings. The highest BCUT2D eigenvalue weighted by Gasteiger charge is 2.25. The number of allylic oxidation sites excluding steroid dienone is 1. The number of amides is 2. The van der Waals surface area contributed by atoms with Gasteiger partial charge in [-0.1, -0.05) is 31.7 Å². The number of rotatable bonds is 14. The smallest absolute Gasteiger partial charge is 0.271 e. The number of hydrogen-bond acceptors (Lipinski definition) is 9. The highest BCUT2D eigenvalue weighted by atomic mass is 16.5. The van der Waals surface area contributed by atoms with Gasteiger partial charge in [0.15, 0.2) is 11.5 Å². The van der Waals surface area contributed by atoms with E-state index < -0.39 is 5.41 Å². The summed E-state index contributed by atoms with van der Waals surface area (Å²) in [5, 5.41) is 26.6. The summed E-state index contributed by atoms with van der Waals surface area (Å²) in [4.78, 5) is 32.8. The number of aromatic nitrogens is 2. The standard InChI is InChI=1S/C36H45N9O3/c1-7-36(5,24-37)28-11-9-10-27(21-28)34(46)41-29-13-12-25(3)30(22-29)42-33-23-31(35(47)38-6)43-45(33)32(39-8-2)20-26(4)40-14-15-44-16-18-48-19-17-44/h8-13,20-23,40,42H,4,7,14-19H2,1-3,5-6H3,(H,38,47)(H,41,46)/b32-20+,39-8-. The Labute approximate surface area is 282 Å². The van der Waals surface area contributed by atoms with Gasteiger partial charge >= 0.3 is 0 Å². The van der Waals surface area contributed by atoms with Gasteiger partial charge in [0.2, 0.25) is 0 Å². The lowest BCUT2D eigenvalue weighted by atomic mass is 9.81. The maximum atomic E-state index is 13.3. The van der Waals surface area contributed by atoms with Crippen molar-refractivity contribution in [2.45, 2.75) is 39.5 Å². The molecule has 4 N–H and O–H groups in total. The first-order chi connectivity index (χ1) is 23.1. The van der Waals surface area contributed by atoms with Gasteiger partial charge in [0.05, 0.1) is 24.7 Å². The number of benzene rings is 2. The molecule has 0 radical (unpaired) electrons. The summed E-state index contributed by atoms with van der Waals surface area (Å²) in [6.07, 6.45) is 4.05. The molecule has 1 aromatic heterocycles. The normalized spacial score (nSPS) is 15.0. The van der Waals surface area contributed by atoms with E-state index in [0.29, 0.717) is 47.2 Å². The van der Waals surface area contributed by atoms with Gasteiger partial charge in [-0.05, 0) is 62.6 Å². The molecular weight excluding hydrogens is 606 g/mol.